The summed E-state index contributed by atoms with van der Waals surface area (Å²) in [5, 5.41) is 7.79. The van der Waals surface area contributed by atoms with Crippen molar-refractivity contribution in [2.45, 2.75) is 52.3 Å². The van der Waals surface area contributed by atoms with E-state index in [1.807, 2.05) is 36.9 Å². The number of nitrogens with zero attached hydrogens (tertiary/aromatic N) is 2. The monoisotopic (exact) mass is 319 g/mol. The summed E-state index contributed by atoms with van der Waals surface area (Å²) in [5.41, 5.74) is 2.17. The number of rotatable bonds is 8. The minimum Gasteiger partial charge on any atom is -0.473 e. The molecule has 1 saturated heterocycles. The predicted molar refractivity (Wildman–Crippen MR) is 92.6 cm³/mol. The summed E-state index contributed by atoms with van der Waals surface area (Å²) < 4.78 is 13.8. The highest BCUT2D eigenvalue weighted by molar-refractivity contribution is 5.18. The molecule has 1 aliphatic rings. The van der Waals surface area contributed by atoms with Gasteiger partial charge in [-0.1, -0.05) is 18.2 Å². The lowest BCUT2D eigenvalue weighted by Crippen LogP contribution is -2.25. The molecule has 0 aliphatic carbocycles. The zero-order chi connectivity index (χ0) is 16.5. The molecule has 0 bridgehead atoms. The fourth-order valence-electron chi connectivity index (χ4n) is 2.61. The molecule has 0 spiro atoms. The predicted octanol–water partition coefficient (Wildman–Crippen LogP) is 3.07. The fraction of sp³-hybridized carbons (Fsp3) is 0.611. The molecule has 1 N–H and O–H groups in total. The Kier molecular flexibility index (Phi) is 7.36. The van der Waals surface area contributed by atoms with Crippen LogP contribution < -0.4 is 10.1 Å². The second-order valence-corrected chi connectivity index (χ2v) is 6.00. The normalized spacial score (nSPS) is 19.4. The minimum atomic E-state index is 0.244. The van der Waals surface area contributed by atoms with E-state index in [-0.39, 0.29) is 6.10 Å². The molecule has 1 aromatic rings. The van der Waals surface area contributed by atoms with E-state index in [1.165, 1.54) is 18.4 Å². The van der Waals surface area contributed by atoms with Gasteiger partial charge in [0.15, 0.2) is 0 Å². The van der Waals surface area contributed by atoms with Crippen LogP contribution >= 0.6 is 0 Å². The molecule has 1 aromatic heterocycles. The number of nitrogens with one attached hydrogen (secondary N) is 1. The lowest BCUT2D eigenvalue weighted by atomic mass is 10.1. The molecule has 1 fully saturated rings. The Morgan fingerprint density at radius 3 is 3.09 bits per heavy atom. The van der Waals surface area contributed by atoms with Gasteiger partial charge < -0.3 is 14.8 Å². The highest BCUT2D eigenvalue weighted by Gasteiger charge is 2.18. The second-order valence-electron chi connectivity index (χ2n) is 6.00. The molecule has 2 rings (SSSR count). The fourth-order valence-corrected chi connectivity index (χ4v) is 2.61. The van der Waals surface area contributed by atoms with E-state index < -0.39 is 0 Å². The number of allylic oxidation sites excluding steroid dienone is 3. The van der Waals surface area contributed by atoms with Gasteiger partial charge >= 0.3 is 0 Å². The summed E-state index contributed by atoms with van der Waals surface area (Å²) >= 11 is 0. The average molecular weight is 319 g/mol. The smallest absolute Gasteiger partial charge is 0.212 e. The molecule has 2 heterocycles. The highest BCUT2D eigenvalue weighted by atomic mass is 16.5. The maximum Gasteiger partial charge on any atom is 0.212 e. The van der Waals surface area contributed by atoms with Gasteiger partial charge in [0.2, 0.25) is 5.88 Å². The number of aromatic nitrogens is 2. The van der Waals surface area contributed by atoms with Crippen molar-refractivity contribution in [2.24, 2.45) is 0 Å². The first kappa shape index (κ1) is 17.8. The van der Waals surface area contributed by atoms with Crippen LogP contribution in [0.5, 0.6) is 5.88 Å². The number of hydrogen-bond donors (Lipinski definition) is 1. The van der Waals surface area contributed by atoms with E-state index >= 15 is 0 Å². The van der Waals surface area contributed by atoms with Crippen LogP contribution in [0.2, 0.25) is 0 Å². The topological polar surface area (TPSA) is 48.3 Å². The molecule has 0 amide bonds. The summed E-state index contributed by atoms with van der Waals surface area (Å²) in [7, 11) is 1.92. The van der Waals surface area contributed by atoms with E-state index in [0.717, 1.165) is 37.7 Å². The standard InChI is InChI=1S/C18H29N3O2/c1-4-5-8-15(2)14-23-18-11-16(12-19-3)20-21(18)13-17-9-6-7-10-22-17/h4-5,8,11,17,19H,6-7,9-10,12-14H2,1-3H3/b5-4-,15-8+. The molecule has 0 aromatic carbocycles. The second kappa shape index (κ2) is 9.53. The summed E-state index contributed by atoms with van der Waals surface area (Å²) in [6.07, 6.45) is 9.85. The molecule has 0 saturated carbocycles. The Labute approximate surface area is 139 Å². The van der Waals surface area contributed by atoms with Crippen LogP contribution in [0.3, 0.4) is 0 Å². The molecule has 23 heavy (non-hydrogen) atoms. The van der Waals surface area contributed by atoms with Crippen molar-refractivity contribution >= 4 is 0 Å². The van der Waals surface area contributed by atoms with Crippen molar-refractivity contribution in [2.75, 3.05) is 20.3 Å². The van der Waals surface area contributed by atoms with Gasteiger partial charge in [-0.2, -0.15) is 5.10 Å². The molecule has 1 atom stereocenters. The van der Waals surface area contributed by atoms with E-state index in [2.05, 4.69) is 23.4 Å². The van der Waals surface area contributed by atoms with Gasteiger partial charge in [-0.25, -0.2) is 4.68 Å². The van der Waals surface area contributed by atoms with Crippen molar-refractivity contribution in [3.63, 3.8) is 0 Å². The van der Waals surface area contributed by atoms with Crippen molar-refractivity contribution in [3.05, 3.63) is 35.6 Å². The van der Waals surface area contributed by atoms with Crippen molar-refractivity contribution in [3.8, 4) is 5.88 Å². The molecule has 1 aliphatic heterocycles. The van der Waals surface area contributed by atoms with Gasteiger partial charge in [-0.05, 0) is 45.7 Å². The number of ether oxygens (including phenoxy) is 2. The Bertz CT molecular complexity index is 528. The van der Waals surface area contributed by atoms with Crippen molar-refractivity contribution in [1.29, 1.82) is 0 Å². The Balaban J connectivity index is 2.03. The first-order valence-electron chi connectivity index (χ1n) is 8.47. The Morgan fingerprint density at radius 2 is 2.39 bits per heavy atom. The summed E-state index contributed by atoms with van der Waals surface area (Å²) in [4.78, 5) is 0. The van der Waals surface area contributed by atoms with Gasteiger partial charge in [0.05, 0.1) is 18.3 Å². The molecule has 128 valence electrons. The first-order valence-corrected chi connectivity index (χ1v) is 8.47. The van der Waals surface area contributed by atoms with E-state index in [1.54, 1.807) is 0 Å². The quantitative estimate of drug-likeness (QED) is 0.748. The van der Waals surface area contributed by atoms with Gasteiger partial charge in [0.1, 0.15) is 6.61 Å². The SMILES string of the molecule is C/C=C\C=C(/C)COc1cc(CNC)nn1CC1CCCCO1. The maximum absolute atomic E-state index is 5.98. The summed E-state index contributed by atoms with van der Waals surface area (Å²) in [6.45, 7) is 7.00. The van der Waals surface area contributed by atoms with Crippen molar-refractivity contribution < 1.29 is 9.47 Å². The van der Waals surface area contributed by atoms with Crippen LogP contribution in [0.15, 0.2) is 29.9 Å². The Morgan fingerprint density at radius 1 is 1.52 bits per heavy atom. The third-order valence-electron chi connectivity index (χ3n) is 3.82. The summed E-state index contributed by atoms with van der Waals surface area (Å²) in [5.74, 6) is 0.817. The van der Waals surface area contributed by atoms with Crippen molar-refractivity contribution in [1.82, 2.24) is 15.1 Å². The van der Waals surface area contributed by atoms with Gasteiger partial charge in [0.25, 0.3) is 0 Å². The van der Waals surface area contributed by atoms with Crippen LogP contribution in [0.4, 0.5) is 0 Å². The first-order chi connectivity index (χ1) is 11.2. The van der Waals surface area contributed by atoms with E-state index in [4.69, 9.17) is 9.47 Å². The minimum absolute atomic E-state index is 0.244. The van der Waals surface area contributed by atoms with Crippen LogP contribution in [0, 0.1) is 0 Å². The van der Waals surface area contributed by atoms with Crippen LogP contribution in [0.1, 0.15) is 38.8 Å². The third-order valence-corrected chi connectivity index (χ3v) is 3.82. The summed E-state index contributed by atoms with van der Waals surface area (Å²) in [6, 6.07) is 2.02. The Hall–Kier alpha value is -1.59. The van der Waals surface area contributed by atoms with E-state index in [0.29, 0.717) is 6.61 Å². The zero-order valence-electron chi connectivity index (χ0n) is 14.5. The van der Waals surface area contributed by atoms with Gasteiger partial charge in [-0.15, -0.1) is 0 Å². The molecular weight excluding hydrogens is 290 g/mol. The van der Waals surface area contributed by atoms with Crippen LogP contribution in [0.25, 0.3) is 0 Å². The molecular formula is C18H29N3O2. The van der Waals surface area contributed by atoms with E-state index in [9.17, 15) is 0 Å². The van der Waals surface area contributed by atoms with Gasteiger partial charge in [-0.3, -0.25) is 0 Å². The van der Waals surface area contributed by atoms with Crippen LogP contribution in [-0.2, 0) is 17.8 Å². The third kappa shape index (κ3) is 5.84. The largest absolute Gasteiger partial charge is 0.473 e. The molecule has 5 nitrogen and oxygen atoms in total. The molecule has 0 radical (unpaired) electrons. The lowest BCUT2D eigenvalue weighted by molar-refractivity contribution is 0.00253. The maximum atomic E-state index is 5.98. The molecule has 5 heteroatoms. The highest BCUT2D eigenvalue weighted by Crippen LogP contribution is 2.20. The number of hydrogen-bond acceptors (Lipinski definition) is 4. The zero-order valence-corrected chi connectivity index (χ0v) is 14.5. The lowest BCUT2D eigenvalue weighted by Gasteiger charge is -2.23. The van der Waals surface area contributed by atoms with Crippen LogP contribution in [-0.4, -0.2) is 36.1 Å². The van der Waals surface area contributed by atoms with Gasteiger partial charge in [0, 0.05) is 19.2 Å². The molecule has 1 unspecified atom stereocenters. The average Bonchev–Trinajstić information content (AvgIpc) is 2.94.